The van der Waals surface area contributed by atoms with Gasteiger partial charge in [0.15, 0.2) is 17.4 Å². The summed E-state index contributed by atoms with van der Waals surface area (Å²) < 4.78 is 12.0. The molecule has 0 bridgehead atoms. The molecule has 0 saturated carbocycles. The Morgan fingerprint density at radius 2 is 1.40 bits per heavy atom. The van der Waals surface area contributed by atoms with Crippen molar-refractivity contribution in [3.05, 3.63) is 12.2 Å². The number of ether oxygens (including phenoxy) is 2. The monoisotopic (exact) mass is 652 g/mol. The molecule has 1 aliphatic carbocycles. The van der Waals surface area contributed by atoms with E-state index in [-0.39, 0.29) is 72.4 Å². The largest absolute Gasteiger partial charge is 0.351 e. The van der Waals surface area contributed by atoms with Crippen molar-refractivity contribution in [3.63, 3.8) is 0 Å². The maximum Gasteiger partial charge on any atom is 0.200 e. The van der Waals surface area contributed by atoms with E-state index in [1.54, 1.807) is 24.8 Å². The van der Waals surface area contributed by atoms with Crippen molar-refractivity contribution in [2.24, 2.45) is 23.7 Å². The predicted molar refractivity (Wildman–Crippen MR) is 177 cm³/mol. The fourth-order valence-corrected chi connectivity index (χ4v) is 7.55. The fourth-order valence-electron chi connectivity index (χ4n) is 7.55. The van der Waals surface area contributed by atoms with Gasteiger partial charge in [0, 0.05) is 30.6 Å². The molecular weight excluding hydrogens is 602 g/mol. The van der Waals surface area contributed by atoms with Crippen molar-refractivity contribution < 1.29 is 43.0 Å². The first-order valence-corrected chi connectivity index (χ1v) is 16.4. The normalized spacial score (nSPS) is 29.0. The van der Waals surface area contributed by atoms with Crippen LogP contribution in [0.15, 0.2) is 12.2 Å². The summed E-state index contributed by atoms with van der Waals surface area (Å²) in [6.07, 6.45) is 5.95. The van der Waals surface area contributed by atoms with Gasteiger partial charge >= 0.3 is 0 Å². The van der Waals surface area contributed by atoms with Crippen LogP contribution in [0.3, 0.4) is 0 Å². The second kappa shape index (κ2) is 16.5. The maximum atomic E-state index is 11.9. The Labute approximate surface area is 281 Å². The van der Waals surface area contributed by atoms with Gasteiger partial charge in [-0.25, -0.2) is 0 Å². The molecule has 0 N–H and O–H groups in total. The Kier molecular flexibility index (Phi) is 14.1. The van der Waals surface area contributed by atoms with Gasteiger partial charge in [0.25, 0.3) is 0 Å². The van der Waals surface area contributed by atoms with Gasteiger partial charge in [-0.2, -0.15) is 0 Å². The number of allylic oxidation sites excluding steroid dienone is 2. The topological polar surface area (TPSA) is 144 Å². The number of rotatable bonds is 12. The van der Waals surface area contributed by atoms with Crippen molar-refractivity contribution in [2.45, 2.75) is 137 Å². The molecule has 0 aromatic heterocycles. The number of nitrogens with zero attached hydrogens (tertiary/aromatic N) is 2. The highest BCUT2D eigenvalue weighted by Gasteiger charge is 2.50. The lowest BCUT2D eigenvalue weighted by atomic mass is 9.77. The number of ketones is 4. The molecule has 4 radical (unpaired) electrons. The molecule has 256 valence electrons. The molecule has 3 aliphatic rings. The van der Waals surface area contributed by atoms with Crippen LogP contribution >= 0.6 is 0 Å². The zero-order chi connectivity index (χ0) is 36.0. The number of hydrogen-bond acceptors (Lipinski definition) is 9. The van der Waals surface area contributed by atoms with E-state index in [0.29, 0.717) is 19.1 Å². The van der Waals surface area contributed by atoms with Gasteiger partial charge in [0.2, 0.25) is 15.7 Å². The standard InChI is InChI=1S/C17H26BNO5.C17H24BNO4/c1-6-14-15(24-17(4,5)19(14)16(18)23)8-12(9-20)13(11(3)22)7-10(2)21;1-5-14-15(23-17(3,4)19(14)16(18)22)8-11-6-7-12(21)9-13(11)10(2)20/h9,12-15H,6-8H2,1-5H3;6-7,11,13-15H,5,8-9H2,1-4H3/t12?,13?,14-,15+;11?,13?,14-,15+/m00/s1. The molecule has 8 atom stereocenters. The van der Waals surface area contributed by atoms with E-state index in [1.165, 1.54) is 25.7 Å². The summed E-state index contributed by atoms with van der Waals surface area (Å²) in [5, 5.41) is 0. The molecule has 2 heterocycles. The van der Waals surface area contributed by atoms with Crippen molar-refractivity contribution in [1.82, 2.24) is 9.80 Å². The zero-order valence-electron chi connectivity index (χ0n) is 29.3. The summed E-state index contributed by atoms with van der Waals surface area (Å²) in [5.41, 5.74) is -1.64. The SMILES string of the molecule is [B]C(=O)N1[C@@H](CC)[C@@H](CC(C=O)C(CC(C)=O)C(C)=O)OC1(C)C.[B]C(=O)N1[C@@H](CC)[C@@H](CC2C=CC(=O)CC2C(C)=O)OC1(C)C. The molecule has 2 saturated heterocycles. The molecule has 2 aliphatic heterocycles. The van der Waals surface area contributed by atoms with Crippen molar-refractivity contribution >= 4 is 56.7 Å². The van der Waals surface area contributed by atoms with Crippen LogP contribution in [-0.2, 0) is 33.4 Å². The van der Waals surface area contributed by atoms with E-state index in [9.17, 15) is 33.6 Å². The number of aldehydes is 1. The molecule has 0 aromatic rings. The van der Waals surface area contributed by atoms with E-state index in [0.717, 1.165) is 6.42 Å². The second-order valence-electron chi connectivity index (χ2n) is 13.9. The number of amides is 2. The minimum absolute atomic E-state index is 0.0140. The summed E-state index contributed by atoms with van der Waals surface area (Å²) in [5.74, 6) is -3.05. The van der Waals surface area contributed by atoms with Gasteiger partial charge in [-0.15, -0.1) is 0 Å². The van der Waals surface area contributed by atoms with E-state index in [2.05, 4.69) is 0 Å². The number of hydrogen-bond donors (Lipinski definition) is 0. The first-order chi connectivity index (χ1) is 21.7. The highest BCUT2D eigenvalue weighted by Crippen LogP contribution is 2.40. The lowest BCUT2D eigenvalue weighted by Gasteiger charge is -2.33. The highest BCUT2D eigenvalue weighted by atomic mass is 16.5. The average Bonchev–Trinajstić information content (AvgIpc) is 3.37. The van der Waals surface area contributed by atoms with E-state index in [4.69, 9.17) is 25.2 Å². The first kappa shape index (κ1) is 40.3. The minimum Gasteiger partial charge on any atom is -0.351 e. The smallest absolute Gasteiger partial charge is 0.200 e. The van der Waals surface area contributed by atoms with Crippen molar-refractivity contribution in [3.8, 4) is 0 Å². The molecule has 2 fully saturated rings. The van der Waals surface area contributed by atoms with Crippen LogP contribution in [0, 0.1) is 23.7 Å². The summed E-state index contributed by atoms with van der Waals surface area (Å²) in [7, 11) is 11.0. The first-order valence-electron chi connectivity index (χ1n) is 16.4. The van der Waals surface area contributed by atoms with Crippen LogP contribution in [0.25, 0.3) is 0 Å². The van der Waals surface area contributed by atoms with Crippen LogP contribution < -0.4 is 0 Å². The molecule has 13 heteroatoms. The van der Waals surface area contributed by atoms with Crippen LogP contribution in [0.2, 0.25) is 0 Å². The lowest BCUT2D eigenvalue weighted by Crippen LogP contribution is -2.47. The van der Waals surface area contributed by atoms with Gasteiger partial charge in [-0.1, -0.05) is 19.9 Å². The molecular formula is C34H50B2N2O9. The third-order valence-electron chi connectivity index (χ3n) is 9.59. The van der Waals surface area contributed by atoms with Crippen molar-refractivity contribution in [1.29, 1.82) is 0 Å². The van der Waals surface area contributed by atoms with Crippen LogP contribution in [0.1, 0.15) is 101 Å². The zero-order valence-corrected chi connectivity index (χ0v) is 29.3. The van der Waals surface area contributed by atoms with Gasteiger partial charge in [0.05, 0.1) is 24.3 Å². The summed E-state index contributed by atoms with van der Waals surface area (Å²) in [6.45, 7) is 15.3. The average molecular weight is 652 g/mol. The number of Topliss-reactive ketones (excluding diaryl/α,β-unsaturated/α-hetero) is 3. The number of carbonyl (C=O) groups is 7. The summed E-state index contributed by atoms with van der Waals surface area (Å²) >= 11 is 0. The molecule has 0 spiro atoms. The van der Waals surface area contributed by atoms with Crippen molar-refractivity contribution in [2.75, 3.05) is 0 Å². The van der Waals surface area contributed by atoms with Crippen LogP contribution in [-0.4, -0.2) is 102 Å². The maximum absolute atomic E-state index is 11.9. The van der Waals surface area contributed by atoms with Gasteiger partial charge in [0.1, 0.15) is 35.1 Å². The molecule has 11 nitrogen and oxygen atoms in total. The molecule has 4 unspecified atom stereocenters. The van der Waals surface area contributed by atoms with Gasteiger partial charge in [-0.05, 0) is 86.1 Å². The number of carbonyl (C=O) groups excluding carboxylic acids is 7. The lowest BCUT2D eigenvalue weighted by molar-refractivity contribution is -0.131. The molecule has 2 amide bonds. The van der Waals surface area contributed by atoms with Crippen LogP contribution in [0.4, 0.5) is 9.59 Å². The molecule has 47 heavy (non-hydrogen) atoms. The Morgan fingerprint density at radius 1 is 0.915 bits per heavy atom. The van der Waals surface area contributed by atoms with E-state index < -0.39 is 41.0 Å². The third-order valence-corrected chi connectivity index (χ3v) is 9.59. The second-order valence-corrected chi connectivity index (χ2v) is 13.9. The molecule has 0 aromatic carbocycles. The quantitative estimate of drug-likeness (QED) is 0.225. The Balaban J connectivity index is 0.000000327. The highest BCUT2D eigenvalue weighted by molar-refractivity contribution is 6.57. The van der Waals surface area contributed by atoms with Gasteiger partial charge < -0.3 is 28.9 Å². The Morgan fingerprint density at radius 3 is 1.81 bits per heavy atom. The Hall–Kier alpha value is -2.92. The van der Waals surface area contributed by atoms with E-state index in [1.807, 2.05) is 33.8 Å². The minimum atomic E-state index is -0.878. The summed E-state index contributed by atoms with van der Waals surface area (Å²) in [4.78, 5) is 84.9. The van der Waals surface area contributed by atoms with Crippen LogP contribution in [0.5, 0.6) is 0 Å². The Bertz CT molecular complexity index is 1250. The predicted octanol–water partition coefficient (Wildman–Crippen LogP) is 4.11. The third kappa shape index (κ3) is 9.81. The van der Waals surface area contributed by atoms with E-state index >= 15 is 0 Å². The fraction of sp³-hybridized carbons (Fsp3) is 0.735. The molecule has 3 rings (SSSR count). The van der Waals surface area contributed by atoms with Gasteiger partial charge in [-0.3, -0.25) is 24.0 Å². The summed E-state index contributed by atoms with van der Waals surface area (Å²) in [6, 6.07) is -0.397.